The number of allylic oxidation sites excluding steroid dienone is 1. The molecule has 154 valence electrons. The monoisotopic (exact) mass is 433 g/mol. The second-order valence-electron chi connectivity index (χ2n) is 8.04. The van der Waals surface area contributed by atoms with Crippen molar-refractivity contribution in [2.24, 2.45) is 4.99 Å². The van der Waals surface area contributed by atoms with E-state index in [1.807, 2.05) is 29.6 Å². The third kappa shape index (κ3) is 3.90. The zero-order chi connectivity index (χ0) is 20.3. The van der Waals surface area contributed by atoms with Crippen molar-refractivity contribution in [3.8, 4) is 0 Å². The summed E-state index contributed by atoms with van der Waals surface area (Å²) in [7, 11) is 0. The first-order chi connectivity index (χ1) is 14.8. The van der Waals surface area contributed by atoms with E-state index in [-0.39, 0.29) is 5.37 Å². The maximum absolute atomic E-state index is 5.25. The van der Waals surface area contributed by atoms with Crippen molar-refractivity contribution < 1.29 is 0 Å². The number of thioether (sulfide) groups is 2. The molecule has 30 heavy (non-hydrogen) atoms. The van der Waals surface area contributed by atoms with Crippen LogP contribution in [0.4, 0.5) is 0 Å². The number of hydrogen-bond acceptors (Lipinski definition) is 5. The van der Waals surface area contributed by atoms with Crippen LogP contribution >= 0.6 is 23.5 Å². The van der Waals surface area contributed by atoms with Gasteiger partial charge in [0.15, 0.2) is 0 Å². The van der Waals surface area contributed by atoms with E-state index in [1.165, 1.54) is 54.0 Å². The molecular formula is C25H27N3S2. The molecule has 3 nitrogen and oxygen atoms in total. The van der Waals surface area contributed by atoms with Crippen molar-refractivity contribution in [1.82, 2.24) is 9.97 Å². The molecule has 3 heterocycles. The van der Waals surface area contributed by atoms with E-state index in [1.54, 1.807) is 17.5 Å². The molecule has 5 heteroatoms. The zero-order valence-electron chi connectivity index (χ0n) is 17.4. The van der Waals surface area contributed by atoms with Crippen LogP contribution < -0.4 is 0 Å². The van der Waals surface area contributed by atoms with Crippen LogP contribution in [0, 0.1) is 0 Å². The molecule has 0 saturated carbocycles. The molecule has 1 aromatic heterocycles. The van der Waals surface area contributed by atoms with Crippen LogP contribution in [0.5, 0.6) is 0 Å². The van der Waals surface area contributed by atoms with Gasteiger partial charge in [-0.1, -0.05) is 73.2 Å². The molecule has 0 radical (unpaired) electrons. The van der Waals surface area contributed by atoms with Crippen molar-refractivity contribution in [3.05, 3.63) is 65.1 Å². The molecule has 2 aliphatic heterocycles. The Hall–Kier alpha value is -1.85. The average molecular weight is 434 g/mol. The molecule has 0 unspecified atom stereocenters. The lowest BCUT2D eigenvalue weighted by atomic mass is 9.87. The molecule has 0 saturated heterocycles. The van der Waals surface area contributed by atoms with E-state index in [0.717, 1.165) is 17.2 Å². The van der Waals surface area contributed by atoms with E-state index in [2.05, 4.69) is 48.3 Å². The van der Waals surface area contributed by atoms with Gasteiger partial charge in [0.2, 0.25) is 0 Å². The Morgan fingerprint density at radius 1 is 1.17 bits per heavy atom. The topological polar surface area (TPSA) is 38.1 Å². The summed E-state index contributed by atoms with van der Waals surface area (Å²) in [5.41, 5.74) is 7.05. The first kappa shape index (κ1) is 20.1. The Balaban J connectivity index is 1.36. The highest BCUT2D eigenvalue weighted by Crippen LogP contribution is 2.56. The van der Waals surface area contributed by atoms with Gasteiger partial charge in [0.25, 0.3) is 0 Å². The van der Waals surface area contributed by atoms with Crippen LogP contribution in [0.15, 0.2) is 68.8 Å². The summed E-state index contributed by atoms with van der Waals surface area (Å²) in [6, 6.07) is 10.5. The predicted octanol–water partition coefficient (Wildman–Crippen LogP) is 6.92. The maximum atomic E-state index is 5.25. The van der Waals surface area contributed by atoms with Crippen molar-refractivity contribution in [2.45, 2.75) is 66.7 Å². The fourth-order valence-corrected chi connectivity index (χ4v) is 7.01. The Kier molecular flexibility index (Phi) is 6.09. The maximum Gasteiger partial charge on any atom is 0.117 e. The number of rotatable bonds is 7. The van der Waals surface area contributed by atoms with Gasteiger partial charge in [0, 0.05) is 11.5 Å². The van der Waals surface area contributed by atoms with Gasteiger partial charge in [-0.05, 0) is 43.2 Å². The van der Waals surface area contributed by atoms with Gasteiger partial charge in [0.05, 0.1) is 16.5 Å². The molecule has 3 aliphatic rings. The number of aromatic nitrogens is 2. The number of nitrogens with zero attached hydrogens (tertiary/aromatic N) is 3. The van der Waals surface area contributed by atoms with Crippen LogP contribution in [0.3, 0.4) is 0 Å². The first-order valence-corrected chi connectivity index (χ1v) is 12.9. The molecule has 0 bridgehead atoms. The number of fused-ring (bicyclic) bond motifs is 4. The minimum absolute atomic E-state index is 0.264. The average Bonchev–Trinajstić information content (AvgIpc) is 3.40. The summed E-state index contributed by atoms with van der Waals surface area (Å²) in [4.78, 5) is 15.9. The number of benzene rings is 1. The summed E-state index contributed by atoms with van der Waals surface area (Å²) in [6.07, 6.45) is 13.5. The zero-order valence-corrected chi connectivity index (χ0v) is 19.0. The summed E-state index contributed by atoms with van der Waals surface area (Å²) < 4.78 is 0. The Morgan fingerprint density at radius 2 is 2.07 bits per heavy atom. The number of aliphatic imine (C=N–C) groups is 1. The second-order valence-corrected chi connectivity index (χ2v) is 10.2. The minimum Gasteiger partial charge on any atom is -0.274 e. The highest BCUT2D eigenvalue weighted by Gasteiger charge is 2.43. The number of unbranched alkanes of at least 4 members (excludes halogenated alkanes) is 1. The van der Waals surface area contributed by atoms with Gasteiger partial charge < -0.3 is 0 Å². The van der Waals surface area contributed by atoms with Crippen LogP contribution in [-0.4, -0.2) is 26.8 Å². The van der Waals surface area contributed by atoms with Gasteiger partial charge in [-0.15, -0.1) is 11.8 Å². The normalized spacial score (nSPS) is 22.2. The van der Waals surface area contributed by atoms with Gasteiger partial charge in [0.1, 0.15) is 16.7 Å². The largest absolute Gasteiger partial charge is 0.274 e. The summed E-state index contributed by atoms with van der Waals surface area (Å²) >= 11 is 3.70. The van der Waals surface area contributed by atoms with Crippen LogP contribution in [0.2, 0.25) is 0 Å². The van der Waals surface area contributed by atoms with Crippen LogP contribution in [0.25, 0.3) is 6.08 Å². The SMILES string of the molecule is CCCCC1=N[C@@H]2Sc3c(SC/C=C/c4ccccc4)ncnc3[C@H]2C2=C1CCC2. The molecule has 0 fully saturated rings. The fraction of sp³-hybridized carbons (Fsp3) is 0.400. The van der Waals surface area contributed by atoms with Crippen LogP contribution in [-0.2, 0) is 0 Å². The van der Waals surface area contributed by atoms with Gasteiger partial charge in [-0.25, -0.2) is 9.97 Å². The molecule has 0 N–H and O–H groups in total. The van der Waals surface area contributed by atoms with E-state index in [4.69, 9.17) is 9.98 Å². The Morgan fingerprint density at radius 3 is 2.93 bits per heavy atom. The van der Waals surface area contributed by atoms with Gasteiger partial charge in [-0.2, -0.15) is 0 Å². The predicted molar refractivity (Wildman–Crippen MR) is 128 cm³/mol. The minimum atomic E-state index is 0.264. The number of hydrogen-bond donors (Lipinski definition) is 0. The number of dihydropyridines is 1. The molecule has 1 aromatic carbocycles. The Bertz CT molecular complexity index is 1010. The van der Waals surface area contributed by atoms with Crippen LogP contribution in [0.1, 0.15) is 62.6 Å². The van der Waals surface area contributed by atoms with Crippen molar-refractivity contribution in [3.63, 3.8) is 0 Å². The lowest BCUT2D eigenvalue weighted by Gasteiger charge is -2.26. The summed E-state index contributed by atoms with van der Waals surface area (Å²) in [5, 5.41) is 1.38. The fourth-order valence-electron chi connectivity index (χ4n) is 4.67. The molecular weight excluding hydrogens is 406 g/mol. The van der Waals surface area contributed by atoms with E-state index in [0.29, 0.717) is 5.92 Å². The van der Waals surface area contributed by atoms with E-state index in [9.17, 15) is 0 Å². The molecule has 1 aliphatic carbocycles. The van der Waals surface area contributed by atoms with E-state index < -0.39 is 0 Å². The third-order valence-electron chi connectivity index (χ3n) is 6.08. The lowest BCUT2D eigenvalue weighted by Crippen LogP contribution is -2.21. The lowest BCUT2D eigenvalue weighted by molar-refractivity contribution is 0.687. The highest BCUT2D eigenvalue weighted by molar-refractivity contribution is 8.02. The van der Waals surface area contributed by atoms with Crippen molar-refractivity contribution in [2.75, 3.05) is 5.75 Å². The smallest absolute Gasteiger partial charge is 0.117 e. The first-order valence-electron chi connectivity index (χ1n) is 11.0. The van der Waals surface area contributed by atoms with Gasteiger partial charge >= 0.3 is 0 Å². The molecule has 0 amide bonds. The van der Waals surface area contributed by atoms with Crippen molar-refractivity contribution in [1.29, 1.82) is 0 Å². The highest BCUT2D eigenvalue weighted by atomic mass is 32.2. The second kappa shape index (κ2) is 9.11. The Labute approximate surface area is 187 Å². The quantitative estimate of drug-likeness (QED) is 0.351. The molecule has 2 aromatic rings. The third-order valence-corrected chi connectivity index (χ3v) is 8.41. The van der Waals surface area contributed by atoms with Crippen molar-refractivity contribution >= 4 is 35.3 Å². The molecule has 5 rings (SSSR count). The summed E-state index contributed by atoms with van der Waals surface area (Å²) in [5.74, 6) is 1.28. The summed E-state index contributed by atoms with van der Waals surface area (Å²) in [6.45, 7) is 2.27. The van der Waals surface area contributed by atoms with E-state index >= 15 is 0 Å². The standard InChI is InChI=1S/C25H27N3S2/c1-2-3-14-20-18-12-7-13-19(18)21-22-23(30-24(21)28-20)25(27-16-26-22)29-15-8-11-17-9-5-4-6-10-17/h4-6,8-11,16,21,24H,2-3,7,12-15H2,1H3/b11-8+/t21-,24-/m1/s1. The molecule has 0 spiro atoms. The van der Waals surface area contributed by atoms with Gasteiger partial charge in [-0.3, -0.25) is 4.99 Å². The molecule has 2 atom stereocenters.